The van der Waals surface area contributed by atoms with Gasteiger partial charge in [-0.3, -0.25) is 20.0 Å². The molecule has 0 saturated heterocycles. The number of rotatable bonds is 4. The van der Waals surface area contributed by atoms with Crippen LogP contribution in [0.2, 0.25) is 0 Å². The molecule has 1 aromatic heterocycles. The standard InChI is InChI=1S/C19H18N4O3/c1-12-9-13(2)18(17(10-12)23(25)26)20-11-16-14(3)21-22(19(16)24)15-7-5-4-6-8-15/h4-11,21H,1-3H3. The van der Waals surface area contributed by atoms with Gasteiger partial charge in [-0.15, -0.1) is 0 Å². The second kappa shape index (κ2) is 6.79. The van der Waals surface area contributed by atoms with E-state index in [2.05, 4.69) is 10.1 Å². The number of para-hydroxylation sites is 1. The summed E-state index contributed by atoms with van der Waals surface area (Å²) in [6.45, 7) is 5.32. The molecular formula is C19H18N4O3. The molecule has 132 valence electrons. The van der Waals surface area contributed by atoms with Crippen LogP contribution in [-0.2, 0) is 0 Å². The van der Waals surface area contributed by atoms with Crippen LogP contribution in [0.1, 0.15) is 22.4 Å². The Morgan fingerprint density at radius 1 is 1.15 bits per heavy atom. The Hall–Kier alpha value is -3.48. The van der Waals surface area contributed by atoms with Gasteiger partial charge >= 0.3 is 0 Å². The summed E-state index contributed by atoms with van der Waals surface area (Å²) in [5.74, 6) is 0. The van der Waals surface area contributed by atoms with Crippen LogP contribution in [0.5, 0.6) is 0 Å². The van der Waals surface area contributed by atoms with E-state index in [-0.39, 0.29) is 16.9 Å². The normalized spacial score (nSPS) is 11.2. The van der Waals surface area contributed by atoms with Crippen LogP contribution in [0.3, 0.4) is 0 Å². The van der Waals surface area contributed by atoms with E-state index in [4.69, 9.17) is 0 Å². The predicted octanol–water partition coefficient (Wildman–Crippen LogP) is 3.75. The van der Waals surface area contributed by atoms with Crippen molar-refractivity contribution in [3.8, 4) is 5.69 Å². The Morgan fingerprint density at radius 3 is 2.50 bits per heavy atom. The molecule has 0 amide bonds. The van der Waals surface area contributed by atoms with Crippen LogP contribution < -0.4 is 5.56 Å². The minimum atomic E-state index is -0.459. The van der Waals surface area contributed by atoms with E-state index in [0.29, 0.717) is 22.5 Å². The zero-order valence-electron chi connectivity index (χ0n) is 14.7. The first kappa shape index (κ1) is 17.3. The first-order valence-electron chi connectivity index (χ1n) is 8.05. The molecule has 7 nitrogen and oxygen atoms in total. The Kier molecular flexibility index (Phi) is 4.53. The van der Waals surface area contributed by atoms with Gasteiger partial charge in [-0.25, -0.2) is 9.67 Å². The Morgan fingerprint density at radius 2 is 1.85 bits per heavy atom. The maximum absolute atomic E-state index is 12.7. The lowest BCUT2D eigenvalue weighted by atomic mass is 10.1. The number of aromatic nitrogens is 2. The minimum Gasteiger partial charge on any atom is -0.295 e. The highest BCUT2D eigenvalue weighted by molar-refractivity contribution is 5.85. The van der Waals surface area contributed by atoms with Crippen molar-refractivity contribution in [3.63, 3.8) is 0 Å². The monoisotopic (exact) mass is 350 g/mol. The van der Waals surface area contributed by atoms with Crippen LogP contribution in [-0.4, -0.2) is 20.9 Å². The molecule has 0 bridgehead atoms. The SMILES string of the molecule is Cc1cc(C)c(N=Cc2c(C)[nH]n(-c3ccccc3)c2=O)c([N+](=O)[O-])c1. The largest absolute Gasteiger partial charge is 0.295 e. The molecule has 0 aliphatic heterocycles. The first-order chi connectivity index (χ1) is 12.4. The lowest BCUT2D eigenvalue weighted by Crippen LogP contribution is -2.17. The number of nitro benzene ring substituents is 1. The fourth-order valence-electron chi connectivity index (χ4n) is 2.84. The van der Waals surface area contributed by atoms with Crippen molar-refractivity contribution < 1.29 is 4.92 Å². The Bertz CT molecular complexity index is 1060. The quantitative estimate of drug-likeness (QED) is 0.441. The molecule has 0 aliphatic carbocycles. The maximum Gasteiger partial charge on any atom is 0.295 e. The number of aryl methyl sites for hydroxylation is 3. The average Bonchev–Trinajstić information content (AvgIpc) is 2.88. The molecule has 0 saturated carbocycles. The van der Waals surface area contributed by atoms with Crippen molar-refractivity contribution in [2.75, 3.05) is 0 Å². The molecule has 7 heteroatoms. The maximum atomic E-state index is 12.7. The van der Waals surface area contributed by atoms with E-state index in [0.717, 1.165) is 5.56 Å². The number of nitrogens with zero attached hydrogens (tertiary/aromatic N) is 3. The van der Waals surface area contributed by atoms with Gasteiger partial charge in [0.05, 0.1) is 16.2 Å². The molecule has 1 heterocycles. The number of H-pyrrole nitrogens is 1. The molecule has 0 aliphatic rings. The fourth-order valence-corrected chi connectivity index (χ4v) is 2.84. The summed E-state index contributed by atoms with van der Waals surface area (Å²) in [6.07, 6.45) is 1.39. The summed E-state index contributed by atoms with van der Waals surface area (Å²) in [6, 6.07) is 12.5. The van der Waals surface area contributed by atoms with Crippen molar-refractivity contribution in [3.05, 3.63) is 85.3 Å². The van der Waals surface area contributed by atoms with Crippen molar-refractivity contribution in [1.82, 2.24) is 9.78 Å². The highest BCUT2D eigenvalue weighted by Gasteiger charge is 2.17. The summed E-state index contributed by atoms with van der Waals surface area (Å²) < 4.78 is 1.42. The molecule has 3 aromatic rings. The molecule has 0 spiro atoms. The summed E-state index contributed by atoms with van der Waals surface area (Å²) in [5, 5.41) is 14.3. The summed E-state index contributed by atoms with van der Waals surface area (Å²) in [5.41, 5.74) is 3.10. The lowest BCUT2D eigenvalue weighted by Gasteiger charge is -2.03. The third-order valence-electron chi connectivity index (χ3n) is 4.08. The van der Waals surface area contributed by atoms with Gasteiger partial charge in [-0.1, -0.05) is 24.3 Å². The van der Waals surface area contributed by atoms with Gasteiger partial charge in [0.25, 0.3) is 11.2 Å². The van der Waals surface area contributed by atoms with Crippen LogP contribution in [0.4, 0.5) is 11.4 Å². The van der Waals surface area contributed by atoms with Gasteiger partial charge in [0.2, 0.25) is 0 Å². The van der Waals surface area contributed by atoms with Crippen molar-refractivity contribution in [2.45, 2.75) is 20.8 Å². The summed E-state index contributed by atoms with van der Waals surface area (Å²) >= 11 is 0. The first-order valence-corrected chi connectivity index (χ1v) is 8.05. The topological polar surface area (TPSA) is 93.3 Å². The summed E-state index contributed by atoms with van der Waals surface area (Å²) in [4.78, 5) is 27.8. The van der Waals surface area contributed by atoms with Crippen molar-refractivity contribution >= 4 is 17.6 Å². The molecule has 26 heavy (non-hydrogen) atoms. The minimum absolute atomic E-state index is 0.0738. The number of nitro groups is 1. The van der Waals surface area contributed by atoms with Gasteiger partial charge in [-0.2, -0.15) is 0 Å². The van der Waals surface area contributed by atoms with Crippen LogP contribution in [0, 0.1) is 30.9 Å². The summed E-state index contributed by atoms with van der Waals surface area (Å²) in [7, 11) is 0. The number of nitrogens with one attached hydrogen (secondary N) is 1. The van der Waals surface area contributed by atoms with E-state index >= 15 is 0 Å². The van der Waals surface area contributed by atoms with E-state index in [1.165, 1.54) is 17.0 Å². The van der Waals surface area contributed by atoms with E-state index in [1.807, 2.05) is 36.4 Å². The second-order valence-corrected chi connectivity index (χ2v) is 6.09. The van der Waals surface area contributed by atoms with E-state index in [9.17, 15) is 14.9 Å². The fraction of sp³-hybridized carbons (Fsp3) is 0.158. The molecule has 0 radical (unpaired) electrons. The number of aliphatic imine (C=N–C) groups is 1. The molecule has 0 unspecified atom stereocenters. The second-order valence-electron chi connectivity index (χ2n) is 6.09. The van der Waals surface area contributed by atoms with E-state index < -0.39 is 4.92 Å². The van der Waals surface area contributed by atoms with Crippen LogP contribution >= 0.6 is 0 Å². The molecule has 3 rings (SSSR count). The highest BCUT2D eigenvalue weighted by Crippen LogP contribution is 2.32. The number of hydrogen-bond donors (Lipinski definition) is 1. The molecular weight excluding hydrogens is 332 g/mol. The van der Waals surface area contributed by atoms with Gasteiger partial charge in [0, 0.05) is 18.0 Å². The van der Waals surface area contributed by atoms with E-state index in [1.54, 1.807) is 20.8 Å². The predicted molar refractivity (Wildman–Crippen MR) is 101 cm³/mol. The van der Waals surface area contributed by atoms with Gasteiger partial charge in [0.1, 0.15) is 5.69 Å². The van der Waals surface area contributed by atoms with Gasteiger partial charge in [0.15, 0.2) is 0 Å². The number of aromatic amines is 1. The highest BCUT2D eigenvalue weighted by atomic mass is 16.6. The third kappa shape index (κ3) is 3.19. The lowest BCUT2D eigenvalue weighted by molar-refractivity contribution is -0.384. The van der Waals surface area contributed by atoms with Crippen molar-refractivity contribution in [2.24, 2.45) is 4.99 Å². The zero-order chi connectivity index (χ0) is 18.8. The Labute approximate surface area is 149 Å². The van der Waals surface area contributed by atoms with Gasteiger partial charge in [-0.05, 0) is 44.0 Å². The smallest absolute Gasteiger partial charge is 0.295 e. The van der Waals surface area contributed by atoms with Crippen LogP contribution in [0.25, 0.3) is 5.69 Å². The molecule has 1 N–H and O–H groups in total. The van der Waals surface area contributed by atoms with Crippen LogP contribution in [0.15, 0.2) is 52.3 Å². The zero-order valence-corrected chi connectivity index (χ0v) is 14.7. The van der Waals surface area contributed by atoms with Gasteiger partial charge < -0.3 is 0 Å². The molecule has 0 fully saturated rings. The molecule has 0 atom stereocenters. The molecule has 2 aromatic carbocycles. The number of benzene rings is 2. The third-order valence-corrected chi connectivity index (χ3v) is 4.08. The number of hydrogen-bond acceptors (Lipinski definition) is 4. The Balaban J connectivity index is 2.08. The van der Waals surface area contributed by atoms with Crippen molar-refractivity contribution in [1.29, 1.82) is 0 Å². The average molecular weight is 350 g/mol.